The van der Waals surface area contributed by atoms with Gasteiger partial charge in [0, 0.05) is 0 Å². The second kappa shape index (κ2) is 16.0. The Morgan fingerprint density at radius 2 is 1.12 bits per heavy atom. The van der Waals surface area contributed by atoms with Crippen molar-refractivity contribution < 1.29 is 0 Å². The van der Waals surface area contributed by atoms with Crippen LogP contribution in [-0.2, 0) is 0 Å². The Balaban J connectivity index is 0. The molecule has 48 valence electrons. The normalized spacial score (nSPS) is 5.50. The molecule has 0 aliphatic heterocycles. The Kier molecular flexibility index (Phi) is 21.0. The topological polar surface area (TPSA) is 0 Å². The molecular weight excluding hydrogens is 96.1 g/mol. The quantitative estimate of drug-likeness (QED) is 0.457. The molecule has 0 atom stereocenters. The summed E-state index contributed by atoms with van der Waals surface area (Å²) in [6.45, 7) is 8.00. The van der Waals surface area contributed by atoms with Gasteiger partial charge in [0.15, 0.2) is 0 Å². The lowest BCUT2D eigenvalue weighted by molar-refractivity contribution is 0.886. The fraction of sp³-hybridized carbons (Fsp3) is 0.750. The summed E-state index contributed by atoms with van der Waals surface area (Å²) < 4.78 is 0. The molecule has 0 bridgehead atoms. The molecule has 0 amide bonds. The fourth-order valence-corrected chi connectivity index (χ4v) is 0. The third-order valence-corrected chi connectivity index (χ3v) is 0.750. The lowest BCUT2D eigenvalue weighted by atomic mass is 10.4. The van der Waals surface area contributed by atoms with Gasteiger partial charge in [-0.25, -0.2) is 0 Å². The first-order chi connectivity index (χ1) is 3.83. The molecule has 8 heavy (non-hydrogen) atoms. The highest BCUT2D eigenvalue weighted by molar-refractivity contribution is 4.89. The van der Waals surface area contributed by atoms with Crippen LogP contribution in [0.4, 0.5) is 0 Å². The van der Waals surface area contributed by atoms with Crippen LogP contribution in [0, 0.1) is 11.8 Å². The fourth-order valence-electron chi connectivity index (χ4n) is 0. The Morgan fingerprint density at radius 3 is 1.12 bits per heavy atom. The van der Waals surface area contributed by atoms with Crippen molar-refractivity contribution in [1.29, 1.82) is 0 Å². The summed E-state index contributed by atoms with van der Waals surface area (Å²) in [7, 11) is 0. The van der Waals surface area contributed by atoms with Crippen LogP contribution in [0.5, 0.6) is 0 Å². The first-order valence-corrected chi connectivity index (χ1v) is 3.16. The van der Waals surface area contributed by atoms with Gasteiger partial charge in [0.25, 0.3) is 0 Å². The van der Waals surface area contributed by atoms with Gasteiger partial charge >= 0.3 is 0 Å². The van der Waals surface area contributed by atoms with Crippen LogP contribution in [-0.4, -0.2) is 0 Å². The van der Waals surface area contributed by atoms with Gasteiger partial charge in [-0.1, -0.05) is 26.7 Å². The van der Waals surface area contributed by atoms with E-state index in [9.17, 15) is 0 Å². The van der Waals surface area contributed by atoms with Crippen molar-refractivity contribution >= 4 is 0 Å². The van der Waals surface area contributed by atoms with Gasteiger partial charge in [-0.2, -0.15) is 0 Å². The van der Waals surface area contributed by atoms with Gasteiger partial charge in [0.2, 0.25) is 0 Å². The SMILES string of the molecule is CC#CC.CCCC. The molecule has 0 saturated carbocycles. The molecule has 0 spiro atoms. The van der Waals surface area contributed by atoms with Crippen molar-refractivity contribution in [2.45, 2.75) is 40.5 Å². The first-order valence-electron chi connectivity index (χ1n) is 3.16. The zero-order valence-electron chi connectivity index (χ0n) is 6.41. The molecule has 0 aromatic rings. The lowest BCUT2D eigenvalue weighted by Crippen LogP contribution is -1.47. The summed E-state index contributed by atoms with van der Waals surface area (Å²) in [4.78, 5) is 0. The van der Waals surface area contributed by atoms with Crippen LogP contribution in [0.1, 0.15) is 40.5 Å². The Morgan fingerprint density at radius 1 is 0.875 bits per heavy atom. The van der Waals surface area contributed by atoms with E-state index in [1.807, 2.05) is 13.8 Å². The molecular formula is C8H16. The second-order valence-corrected chi connectivity index (χ2v) is 1.50. The van der Waals surface area contributed by atoms with E-state index in [2.05, 4.69) is 25.7 Å². The predicted molar refractivity (Wildman–Crippen MR) is 39.7 cm³/mol. The van der Waals surface area contributed by atoms with Gasteiger partial charge in [0.1, 0.15) is 0 Å². The molecule has 0 aliphatic carbocycles. The molecule has 0 aromatic carbocycles. The van der Waals surface area contributed by atoms with E-state index in [0.29, 0.717) is 0 Å². The monoisotopic (exact) mass is 112 g/mol. The Labute approximate surface area is 53.3 Å². The summed E-state index contributed by atoms with van der Waals surface area (Å²) >= 11 is 0. The minimum atomic E-state index is 1.32. The molecule has 0 heteroatoms. The highest BCUT2D eigenvalue weighted by Gasteiger charge is 1.56. The first kappa shape index (κ1) is 10.5. The number of hydrogen-bond donors (Lipinski definition) is 0. The largest absolute Gasteiger partial charge is 0.107 e. The van der Waals surface area contributed by atoms with Crippen molar-refractivity contribution in [1.82, 2.24) is 0 Å². The van der Waals surface area contributed by atoms with Crippen molar-refractivity contribution in [3.8, 4) is 11.8 Å². The van der Waals surface area contributed by atoms with E-state index < -0.39 is 0 Å². The predicted octanol–water partition coefficient (Wildman–Crippen LogP) is 2.84. The molecule has 0 aliphatic rings. The van der Waals surface area contributed by atoms with E-state index >= 15 is 0 Å². The molecule has 0 saturated heterocycles. The average Bonchev–Trinajstić information content (AvgIpc) is 1.88. The molecule has 0 heterocycles. The summed E-state index contributed by atoms with van der Waals surface area (Å²) in [5, 5.41) is 0. The third-order valence-electron chi connectivity index (χ3n) is 0.750. The molecule has 0 rings (SSSR count). The molecule has 0 N–H and O–H groups in total. The zero-order chi connectivity index (χ0) is 6.83. The molecule has 0 nitrogen and oxygen atoms in total. The molecule has 0 radical (unpaired) electrons. The minimum Gasteiger partial charge on any atom is -0.107 e. The van der Waals surface area contributed by atoms with Gasteiger partial charge in [-0.3, -0.25) is 0 Å². The summed E-state index contributed by atoms with van der Waals surface area (Å²) in [5.41, 5.74) is 0. The van der Waals surface area contributed by atoms with Gasteiger partial charge < -0.3 is 0 Å². The van der Waals surface area contributed by atoms with E-state index in [1.165, 1.54) is 12.8 Å². The van der Waals surface area contributed by atoms with Crippen molar-refractivity contribution in [2.24, 2.45) is 0 Å². The van der Waals surface area contributed by atoms with Gasteiger partial charge in [-0.05, 0) is 13.8 Å². The smallest absolute Gasteiger partial charge is 0.00271 e. The summed E-state index contributed by atoms with van der Waals surface area (Å²) in [6, 6.07) is 0. The van der Waals surface area contributed by atoms with E-state index in [4.69, 9.17) is 0 Å². The molecule has 0 aromatic heterocycles. The van der Waals surface area contributed by atoms with Crippen LogP contribution < -0.4 is 0 Å². The summed E-state index contributed by atoms with van der Waals surface area (Å²) in [5.74, 6) is 5.36. The Bertz CT molecular complexity index is 53.8. The van der Waals surface area contributed by atoms with Crippen molar-refractivity contribution in [2.75, 3.05) is 0 Å². The minimum absolute atomic E-state index is 1.32. The average molecular weight is 112 g/mol. The van der Waals surface area contributed by atoms with Gasteiger partial charge in [-0.15, -0.1) is 11.8 Å². The Hall–Kier alpha value is -0.440. The highest BCUT2D eigenvalue weighted by atomic mass is 13.6. The van der Waals surface area contributed by atoms with E-state index in [-0.39, 0.29) is 0 Å². The third kappa shape index (κ3) is 47.5. The van der Waals surface area contributed by atoms with Crippen LogP contribution >= 0.6 is 0 Å². The number of rotatable bonds is 1. The van der Waals surface area contributed by atoms with Gasteiger partial charge in [0.05, 0.1) is 0 Å². The standard InChI is InChI=1S/C4H10.C4H6/c2*1-3-4-2/h3-4H2,1-2H3;1-2H3. The van der Waals surface area contributed by atoms with Crippen molar-refractivity contribution in [3.05, 3.63) is 0 Å². The maximum atomic E-state index is 2.68. The number of unbranched alkanes of at least 4 members (excludes halogenated alkanes) is 1. The molecule has 0 unspecified atom stereocenters. The second-order valence-electron chi connectivity index (χ2n) is 1.50. The zero-order valence-corrected chi connectivity index (χ0v) is 6.41. The van der Waals surface area contributed by atoms with E-state index in [1.54, 1.807) is 0 Å². The maximum absolute atomic E-state index is 2.68. The highest BCUT2D eigenvalue weighted by Crippen LogP contribution is 1.76. The van der Waals surface area contributed by atoms with Crippen LogP contribution in [0.25, 0.3) is 0 Å². The van der Waals surface area contributed by atoms with Crippen LogP contribution in [0.2, 0.25) is 0 Å². The maximum Gasteiger partial charge on any atom is -0.00271 e. The number of hydrogen-bond acceptors (Lipinski definition) is 0. The molecule has 0 fully saturated rings. The van der Waals surface area contributed by atoms with Crippen LogP contribution in [0.15, 0.2) is 0 Å². The van der Waals surface area contributed by atoms with Crippen LogP contribution in [0.3, 0.4) is 0 Å². The van der Waals surface area contributed by atoms with Crippen molar-refractivity contribution in [3.63, 3.8) is 0 Å². The van der Waals surface area contributed by atoms with E-state index in [0.717, 1.165) is 0 Å². The summed E-state index contributed by atoms with van der Waals surface area (Å²) in [6.07, 6.45) is 2.64. The lowest BCUT2D eigenvalue weighted by Gasteiger charge is -1.68.